The maximum Gasteiger partial charge on any atom is 0.318 e. The van der Waals surface area contributed by atoms with Crippen molar-refractivity contribution < 1.29 is 9.53 Å². The molecule has 0 spiro atoms. The predicted molar refractivity (Wildman–Crippen MR) is 78.7 cm³/mol. The molecule has 2 atom stereocenters. The first-order valence-electron chi connectivity index (χ1n) is 7.45. The number of amides is 2. The zero-order valence-corrected chi connectivity index (χ0v) is 13.2. The van der Waals surface area contributed by atoms with Crippen molar-refractivity contribution in [2.75, 3.05) is 20.2 Å². The highest BCUT2D eigenvalue weighted by Gasteiger charge is 2.33. The van der Waals surface area contributed by atoms with Crippen LogP contribution in [0.25, 0.3) is 0 Å². The number of hydrogen-bond acceptors (Lipinski definition) is 4. The molecule has 1 fully saturated rings. The zero-order chi connectivity index (χ0) is 15.4. The average Bonchev–Trinajstić information content (AvgIpc) is 3.06. The Morgan fingerprint density at radius 1 is 1.57 bits per heavy atom. The molecule has 2 amide bonds. The Balaban J connectivity index is 1.97. The van der Waals surface area contributed by atoms with Crippen LogP contribution in [0.5, 0.6) is 0 Å². The number of hydrogen-bond donors (Lipinski definition) is 1. The number of ether oxygens (including phenoxy) is 1. The Kier molecular flexibility index (Phi) is 5.17. The average molecular weight is 295 g/mol. The first kappa shape index (κ1) is 15.8. The van der Waals surface area contributed by atoms with Gasteiger partial charge in [-0.2, -0.15) is 0 Å². The van der Waals surface area contributed by atoms with Crippen LogP contribution in [0, 0.1) is 5.92 Å². The summed E-state index contributed by atoms with van der Waals surface area (Å²) >= 11 is 0. The van der Waals surface area contributed by atoms with Crippen LogP contribution >= 0.6 is 0 Å². The van der Waals surface area contributed by atoms with Crippen LogP contribution in [0.15, 0.2) is 6.33 Å². The van der Waals surface area contributed by atoms with E-state index < -0.39 is 0 Å². The number of aryl methyl sites for hydroxylation is 1. The van der Waals surface area contributed by atoms with Crippen molar-refractivity contribution in [2.24, 2.45) is 13.0 Å². The van der Waals surface area contributed by atoms with Gasteiger partial charge in [0.2, 0.25) is 0 Å². The maximum absolute atomic E-state index is 12.4. The first-order chi connectivity index (χ1) is 10.0. The Morgan fingerprint density at radius 3 is 2.90 bits per heavy atom. The summed E-state index contributed by atoms with van der Waals surface area (Å²) in [7, 11) is 3.58. The second-order valence-electron chi connectivity index (χ2n) is 5.86. The van der Waals surface area contributed by atoms with Crippen molar-refractivity contribution in [3.63, 3.8) is 0 Å². The van der Waals surface area contributed by atoms with Gasteiger partial charge in [0.1, 0.15) is 6.33 Å². The lowest BCUT2D eigenvalue weighted by Crippen LogP contribution is -2.44. The second-order valence-corrected chi connectivity index (χ2v) is 5.86. The molecule has 0 radical (unpaired) electrons. The fourth-order valence-corrected chi connectivity index (χ4v) is 2.75. The summed E-state index contributed by atoms with van der Waals surface area (Å²) in [5.74, 6) is 1.21. The molecule has 1 aliphatic rings. The molecule has 1 aromatic heterocycles. The van der Waals surface area contributed by atoms with Gasteiger partial charge in [-0.25, -0.2) is 4.79 Å². The van der Waals surface area contributed by atoms with Gasteiger partial charge in [-0.3, -0.25) is 0 Å². The molecule has 2 rings (SSSR count). The van der Waals surface area contributed by atoms with Gasteiger partial charge in [-0.1, -0.05) is 13.8 Å². The number of nitrogens with zero attached hydrogens (tertiary/aromatic N) is 4. The SMILES string of the molecule is CO[C@@H](CNC(=O)N1CCC[C@H]1c1nncn1C)C(C)C. The molecule has 1 aromatic rings. The van der Waals surface area contributed by atoms with E-state index >= 15 is 0 Å². The summed E-state index contributed by atoms with van der Waals surface area (Å²) in [6, 6.07) is -0.0410. The molecular weight excluding hydrogens is 270 g/mol. The fraction of sp³-hybridized carbons (Fsp3) is 0.786. The topological polar surface area (TPSA) is 72.3 Å². The number of carbonyl (C=O) groups excluding carboxylic acids is 1. The van der Waals surface area contributed by atoms with Gasteiger partial charge in [0, 0.05) is 27.2 Å². The summed E-state index contributed by atoms with van der Waals surface area (Å²) in [5, 5.41) is 11.0. The Labute approximate surface area is 125 Å². The fourth-order valence-electron chi connectivity index (χ4n) is 2.75. The molecule has 0 aromatic carbocycles. The van der Waals surface area contributed by atoms with Crippen LogP contribution in [-0.4, -0.2) is 52.0 Å². The largest absolute Gasteiger partial charge is 0.379 e. The molecule has 1 N–H and O–H groups in total. The van der Waals surface area contributed by atoms with Gasteiger partial charge in [0.15, 0.2) is 5.82 Å². The second kappa shape index (κ2) is 6.89. The van der Waals surface area contributed by atoms with Crippen molar-refractivity contribution in [2.45, 2.75) is 38.8 Å². The minimum absolute atomic E-state index is 0.0116. The van der Waals surface area contributed by atoms with Gasteiger partial charge >= 0.3 is 6.03 Å². The smallest absolute Gasteiger partial charge is 0.318 e. The molecule has 0 bridgehead atoms. The van der Waals surface area contributed by atoms with E-state index in [0.717, 1.165) is 25.2 Å². The van der Waals surface area contributed by atoms with E-state index in [9.17, 15) is 4.79 Å². The number of likely N-dealkylation sites (tertiary alicyclic amines) is 1. The summed E-state index contributed by atoms with van der Waals surface area (Å²) < 4.78 is 7.26. The van der Waals surface area contributed by atoms with Crippen molar-refractivity contribution in [3.8, 4) is 0 Å². The van der Waals surface area contributed by atoms with E-state index in [2.05, 4.69) is 29.4 Å². The lowest BCUT2D eigenvalue weighted by atomic mass is 10.1. The lowest BCUT2D eigenvalue weighted by Gasteiger charge is -2.26. The van der Waals surface area contributed by atoms with E-state index in [1.807, 2.05) is 16.5 Å². The van der Waals surface area contributed by atoms with Gasteiger partial charge < -0.3 is 19.5 Å². The van der Waals surface area contributed by atoms with Crippen LogP contribution in [0.3, 0.4) is 0 Å². The van der Waals surface area contributed by atoms with E-state index in [0.29, 0.717) is 12.5 Å². The highest BCUT2D eigenvalue weighted by molar-refractivity contribution is 5.75. The molecule has 21 heavy (non-hydrogen) atoms. The van der Waals surface area contributed by atoms with E-state index in [1.54, 1.807) is 13.4 Å². The molecule has 7 heteroatoms. The number of methoxy groups -OCH3 is 1. The van der Waals surface area contributed by atoms with Crippen molar-refractivity contribution >= 4 is 6.03 Å². The maximum atomic E-state index is 12.4. The van der Waals surface area contributed by atoms with Crippen LogP contribution in [0.2, 0.25) is 0 Å². The van der Waals surface area contributed by atoms with Gasteiger partial charge in [-0.15, -0.1) is 10.2 Å². The van der Waals surface area contributed by atoms with Gasteiger partial charge in [-0.05, 0) is 18.8 Å². The number of aromatic nitrogens is 3. The van der Waals surface area contributed by atoms with Crippen molar-refractivity contribution in [3.05, 3.63) is 12.2 Å². The summed E-state index contributed by atoms with van der Waals surface area (Å²) in [6.45, 7) is 5.44. The molecule has 1 aliphatic heterocycles. The molecule has 0 saturated carbocycles. The van der Waals surface area contributed by atoms with Crippen LogP contribution < -0.4 is 5.32 Å². The monoisotopic (exact) mass is 295 g/mol. The number of nitrogens with one attached hydrogen (secondary N) is 1. The normalized spacial score (nSPS) is 20.0. The highest BCUT2D eigenvalue weighted by Crippen LogP contribution is 2.30. The number of rotatable bonds is 5. The molecule has 0 aliphatic carbocycles. The highest BCUT2D eigenvalue weighted by atomic mass is 16.5. The van der Waals surface area contributed by atoms with E-state index in [4.69, 9.17) is 4.74 Å². The third kappa shape index (κ3) is 3.53. The minimum atomic E-state index is -0.0526. The third-order valence-electron chi connectivity index (χ3n) is 4.06. The van der Waals surface area contributed by atoms with Gasteiger partial charge in [0.05, 0.1) is 12.1 Å². The summed E-state index contributed by atoms with van der Waals surface area (Å²) in [6.07, 6.45) is 3.62. The standard InChI is InChI=1S/C14H25N5O2/c1-10(2)12(21-4)8-15-14(20)19-7-5-6-11(19)13-17-16-9-18(13)3/h9-12H,5-8H2,1-4H3,(H,15,20)/t11-,12-/m0/s1. The van der Waals surface area contributed by atoms with Crippen molar-refractivity contribution in [1.29, 1.82) is 0 Å². The van der Waals surface area contributed by atoms with Crippen molar-refractivity contribution in [1.82, 2.24) is 25.0 Å². The third-order valence-corrected chi connectivity index (χ3v) is 4.06. The summed E-state index contributed by atoms with van der Waals surface area (Å²) in [5.41, 5.74) is 0. The summed E-state index contributed by atoms with van der Waals surface area (Å²) in [4.78, 5) is 14.3. The Hall–Kier alpha value is -1.63. The Bertz CT molecular complexity index is 474. The van der Waals surface area contributed by atoms with E-state index in [-0.39, 0.29) is 18.2 Å². The number of urea groups is 1. The number of carbonyl (C=O) groups is 1. The predicted octanol–water partition coefficient (Wildman–Crippen LogP) is 1.33. The van der Waals surface area contributed by atoms with E-state index in [1.165, 1.54) is 0 Å². The van der Waals surface area contributed by atoms with Gasteiger partial charge in [0.25, 0.3) is 0 Å². The lowest BCUT2D eigenvalue weighted by molar-refractivity contribution is 0.0649. The molecule has 1 saturated heterocycles. The molecule has 2 heterocycles. The van der Waals surface area contributed by atoms with Crippen LogP contribution in [0.1, 0.15) is 38.6 Å². The molecular formula is C14H25N5O2. The molecule has 7 nitrogen and oxygen atoms in total. The van der Waals surface area contributed by atoms with Crippen LogP contribution in [-0.2, 0) is 11.8 Å². The molecule has 0 unspecified atom stereocenters. The quantitative estimate of drug-likeness (QED) is 0.889. The first-order valence-corrected chi connectivity index (χ1v) is 7.45. The minimum Gasteiger partial charge on any atom is -0.379 e. The Morgan fingerprint density at radius 2 is 2.33 bits per heavy atom. The zero-order valence-electron chi connectivity index (χ0n) is 13.2. The molecule has 118 valence electrons. The van der Waals surface area contributed by atoms with Crippen LogP contribution in [0.4, 0.5) is 4.79 Å².